The number of esters is 1. The number of fused-ring (bicyclic) bond motifs is 5. The van der Waals surface area contributed by atoms with E-state index in [0.717, 1.165) is 5.39 Å². The van der Waals surface area contributed by atoms with E-state index >= 15 is 0 Å². The van der Waals surface area contributed by atoms with Gasteiger partial charge in [-0.25, -0.2) is 0 Å². The molecule has 0 fully saturated rings. The summed E-state index contributed by atoms with van der Waals surface area (Å²) in [4.78, 5) is 42.0. The highest BCUT2D eigenvalue weighted by Gasteiger charge is 2.39. The molecular formula is C30H21NO8. The van der Waals surface area contributed by atoms with Crippen LogP contribution in [0.15, 0.2) is 65.2 Å². The molecule has 0 bridgehead atoms. The van der Waals surface area contributed by atoms with Gasteiger partial charge in [0, 0.05) is 27.9 Å². The highest BCUT2D eigenvalue weighted by molar-refractivity contribution is 6.15. The van der Waals surface area contributed by atoms with E-state index in [1.807, 2.05) is 6.07 Å². The van der Waals surface area contributed by atoms with Crippen molar-refractivity contribution < 1.29 is 33.3 Å². The summed E-state index contributed by atoms with van der Waals surface area (Å²) in [6.45, 7) is 0.926. The van der Waals surface area contributed by atoms with E-state index in [1.165, 1.54) is 0 Å². The van der Waals surface area contributed by atoms with Gasteiger partial charge in [0.25, 0.3) is 5.56 Å². The summed E-state index contributed by atoms with van der Waals surface area (Å²) in [5.74, 6) is 1.05. The summed E-state index contributed by atoms with van der Waals surface area (Å²) < 4.78 is 28.2. The Balaban J connectivity index is 1.33. The Labute approximate surface area is 221 Å². The van der Waals surface area contributed by atoms with Crippen LogP contribution in [0.4, 0.5) is 0 Å². The van der Waals surface area contributed by atoms with Crippen LogP contribution in [0.3, 0.4) is 0 Å². The smallest absolute Gasteiger partial charge is 0.312 e. The second-order valence-electron chi connectivity index (χ2n) is 9.43. The third-order valence-electron chi connectivity index (χ3n) is 7.10. The minimum atomic E-state index is -0.683. The number of allylic oxidation sites excluding steroid dienone is 1. The molecule has 7 rings (SSSR count). The molecule has 194 valence electrons. The zero-order valence-electron chi connectivity index (χ0n) is 20.7. The number of nitrogens with one attached hydrogen (secondary N) is 1. The summed E-state index contributed by atoms with van der Waals surface area (Å²) in [6, 6.07) is 15.6. The SMILES string of the molecule is COc1ccc2[nH]c(=O)c([C@H]3CC(=O)Oc4ccc5c(c43)O/C(=C\c3ccc4c(c3)OCCO4)C5=O)cc2c1. The van der Waals surface area contributed by atoms with E-state index in [1.54, 1.807) is 61.7 Å². The van der Waals surface area contributed by atoms with Gasteiger partial charge in [-0.15, -0.1) is 0 Å². The van der Waals surface area contributed by atoms with Crippen LogP contribution in [0, 0.1) is 0 Å². The van der Waals surface area contributed by atoms with Crippen LogP contribution >= 0.6 is 0 Å². The highest BCUT2D eigenvalue weighted by atomic mass is 16.6. The zero-order chi connectivity index (χ0) is 26.7. The Bertz CT molecular complexity index is 1800. The second kappa shape index (κ2) is 8.76. The third kappa shape index (κ3) is 3.82. The molecule has 9 heteroatoms. The molecule has 0 aliphatic carbocycles. The molecule has 3 aliphatic heterocycles. The number of carbonyl (C=O) groups is 2. The van der Waals surface area contributed by atoms with Gasteiger partial charge in [0.15, 0.2) is 17.3 Å². The van der Waals surface area contributed by atoms with Crippen LogP contribution in [0.5, 0.6) is 28.7 Å². The normalized spacial score (nSPS) is 18.4. The van der Waals surface area contributed by atoms with Gasteiger partial charge in [-0.3, -0.25) is 14.4 Å². The molecule has 0 amide bonds. The van der Waals surface area contributed by atoms with Crippen molar-refractivity contribution in [2.75, 3.05) is 20.3 Å². The Morgan fingerprint density at radius 2 is 1.72 bits per heavy atom. The van der Waals surface area contributed by atoms with Gasteiger partial charge in [-0.05, 0) is 60.2 Å². The van der Waals surface area contributed by atoms with Gasteiger partial charge in [0.05, 0.1) is 19.1 Å². The standard InChI is InChI=1S/C30H21NO8/c1-35-17-3-5-21-16(12-17)13-20(30(34)31-21)19-14-26(32)38-23-7-4-18-28(33)25(39-29(18)27(19)23)11-15-2-6-22-24(10-15)37-9-8-36-22/h2-7,10-13,19H,8-9,14H2,1H3,(H,31,34)/b25-11-/t19-/m1/s1. The van der Waals surface area contributed by atoms with E-state index in [4.69, 9.17) is 23.7 Å². The van der Waals surface area contributed by atoms with Crippen LogP contribution in [0.2, 0.25) is 0 Å². The molecule has 3 aliphatic rings. The van der Waals surface area contributed by atoms with Crippen molar-refractivity contribution in [1.29, 1.82) is 0 Å². The molecular weight excluding hydrogens is 502 g/mol. The molecule has 1 aromatic heterocycles. The molecule has 1 N–H and O–H groups in total. The molecule has 0 saturated carbocycles. The fourth-order valence-electron chi connectivity index (χ4n) is 5.26. The lowest BCUT2D eigenvalue weighted by atomic mass is 9.85. The Kier molecular flexibility index (Phi) is 5.19. The second-order valence-corrected chi connectivity index (χ2v) is 9.43. The first-order chi connectivity index (χ1) is 19.0. The predicted molar refractivity (Wildman–Crippen MR) is 140 cm³/mol. The van der Waals surface area contributed by atoms with Crippen LogP contribution in [0.1, 0.15) is 39.4 Å². The van der Waals surface area contributed by atoms with E-state index in [-0.39, 0.29) is 35.0 Å². The average molecular weight is 523 g/mol. The number of hydrogen-bond donors (Lipinski definition) is 1. The number of hydrogen-bond acceptors (Lipinski definition) is 8. The van der Waals surface area contributed by atoms with Crippen molar-refractivity contribution >= 4 is 28.7 Å². The van der Waals surface area contributed by atoms with Crippen molar-refractivity contribution in [2.24, 2.45) is 0 Å². The lowest BCUT2D eigenvalue weighted by Gasteiger charge is -2.26. The number of carbonyl (C=O) groups excluding carboxylic acids is 2. The number of H-pyrrole nitrogens is 1. The summed E-state index contributed by atoms with van der Waals surface area (Å²) in [7, 11) is 1.56. The number of methoxy groups -OCH3 is 1. The van der Waals surface area contributed by atoms with Crippen molar-refractivity contribution in [3.05, 3.63) is 93.0 Å². The molecule has 0 saturated heterocycles. The van der Waals surface area contributed by atoms with Crippen LogP contribution < -0.4 is 29.2 Å². The number of pyridine rings is 1. The van der Waals surface area contributed by atoms with Gasteiger partial charge >= 0.3 is 5.97 Å². The lowest BCUT2D eigenvalue weighted by molar-refractivity contribution is -0.135. The van der Waals surface area contributed by atoms with E-state index in [0.29, 0.717) is 58.2 Å². The first-order valence-corrected chi connectivity index (χ1v) is 12.4. The maximum atomic E-state index is 13.4. The van der Waals surface area contributed by atoms with Crippen LogP contribution in [-0.2, 0) is 4.79 Å². The first-order valence-electron chi connectivity index (χ1n) is 12.4. The van der Waals surface area contributed by atoms with E-state index in [2.05, 4.69) is 4.98 Å². The van der Waals surface area contributed by atoms with Gasteiger partial charge < -0.3 is 28.7 Å². The summed E-state index contributed by atoms with van der Waals surface area (Å²) in [5, 5.41) is 0.744. The molecule has 9 nitrogen and oxygen atoms in total. The van der Waals surface area contributed by atoms with Crippen molar-refractivity contribution in [2.45, 2.75) is 12.3 Å². The molecule has 0 radical (unpaired) electrons. The minimum Gasteiger partial charge on any atom is -0.497 e. The van der Waals surface area contributed by atoms with Crippen LogP contribution in [-0.4, -0.2) is 37.1 Å². The molecule has 3 aromatic carbocycles. The maximum absolute atomic E-state index is 13.4. The van der Waals surface area contributed by atoms with Gasteiger partial charge in [0.1, 0.15) is 30.5 Å². The number of rotatable bonds is 3. The van der Waals surface area contributed by atoms with Crippen molar-refractivity contribution in [1.82, 2.24) is 4.98 Å². The fourth-order valence-corrected chi connectivity index (χ4v) is 5.26. The zero-order valence-corrected chi connectivity index (χ0v) is 20.7. The number of Topliss-reactive ketones (excluding diaryl/α,β-unsaturated/α-hetero) is 1. The van der Waals surface area contributed by atoms with Crippen LogP contribution in [0.25, 0.3) is 17.0 Å². The monoisotopic (exact) mass is 523 g/mol. The molecule has 4 aromatic rings. The summed E-state index contributed by atoms with van der Waals surface area (Å²) >= 11 is 0. The first kappa shape index (κ1) is 23.1. The summed E-state index contributed by atoms with van der Waals surface area (Å²) in [5.41, 5.74) is 2.18. The van der Waals surface area contributed by atoms with Gasteiger partial charge in [0.2, 0.25) is 5.78 Å². The topological polar surface area (TPSA) is 113 Å². The number of ether oxygens (including phenoxy) is 5. The Morgan fingerprint density at radius 1 is 0.897 bits per heavy atom. The highest BCUT2D eigenvalue weighted by Crippen LogP contribution is 2.48. The van der Waals surface area contributed by atoms with Gasteiger partial charge in [-0.1, -0.05) is 6.07 Å². The number of aromatic amines is 1. The lowest BCUT2D eigenvalue weighted by Crippen LogP contribution is -2.26. The molecule has 4 heterocycles. The maximum Gasteiger partial charge on any atom is 0.312 e. The third-order valence-corrected chi connectivity index (χ3v) is 7.10. The van der Waals surface area contributed by atoms with Crippen molar-refractivity contribution in [3.8, 4) is 28.7 Å². The van der Waals surface area contributed by atoms with Crippen molar-refractivity contribution in [3.63, 3.8) is 0 Å². The number of aromatic nitrogens is 1. The fraction of sp³-hybridized carbons (Fsp3) is 0.167. The molecule has 39 heavy (non-hydrogen) atoms. The number of ketones is 1. The van der Waals surface area contributed by atoms with E-state index in [9.17, 15) is 14.4 Å². The quantitative estimate of drug-likeness (QED) is 0.239. The van der Waals surface area contributed by atoms with Gasteiger partial charge in [-0.2, -0.15) is 0 Å². The number of benzene rings is 3. The minimum absolute atomic E-state index is 0.0826. The average Bonchev–Trinajstić information content (AvgIpc) is 3.26. The summed E-state index contributed by atoms with van der Waals surface area (Å²) in [6.07, 6.45) is 1.55. The molecule has 0 spiro atoms. The Hall–Kier alpha value is -5.05. The molecule has 0 unspecified atom stereocenters. The molecule has 1 atom stereocenters. The van der Waals surface area contributed by atoms with E-state index < -0.39 is 11.9 Å². The Morgan fingerprint density at radius 3 is 2.56 bits per heavy atom. The largest absolute Gasteiger partial charge is 0.497 e. The predicted octanol–water partition coefficient (Wildman–Crippen LogP) is 4.37.